The van der Waals surface area contributed by atoms with E-state index in [9.17, 15) is 9.90 Å². The average Bonchev–Trinajstić information content (AvgIpc) is 3.68. The van der Waals surface area contributed by atoms with Crippen LogP contribution < -0.4 is 23.7 Å². The molecule has 3 aliphatic rings. The van der Waals surface area contributed by atoms with Gasteiger partial charge in [-0.15, -0.1) is 11.3 Å². The van der Waals surface area contributed by atoms with E-state index in [1.807, 2.05) is 43.5 Å². The number of nitrogens with zero attached hydrogens (tertiary/aromatic N) is 6. The summed E-state index contributed by atoms with van der Waals surface area (Å²) in [4.78, 5) is 36.4. The summed E-state index contributed by atoms with van der Waals surface area (Å²) in [7, 11) is 3.71. The number of para-hydroxylation sites is 1. The molecule has 0 saturated carbocycles. The fourth-order valence-corrected chi connectivity index (χ4v) is 8.82. The predicted octanol–water partition coefficient (Wildman–Crippen LogP) is 7.79. The van der Waals surface area contributed by atoms with Gasteiger partial charge < -0.3 is 33.7 Å². The molecule has 16 heteroatoms. The highest BCUT2D eigenvalue weighted by molar-refractivity contribution is 7.17. The Labute approximate surface area is 355 Å². The summed E-state index contributed by atoms with van der Waals surface area (Å²) in [6.45, 7) is 8.19. The molecule has 3 aliphatic heterocycles. The number of benzene rings is 3. The number of carbonyl (C=O) groups is 1. The first-order valence-corrected chi connectivity index (χ1v) is 20.7. The number of hydrogen-bond acceptors (Lipinski definition) is 13. The summed E-state index contributed by atoms with van der Waals surface area (Å²) < 4.78 is 31.5. The number of rotatable bonds is 8. The number of carboxylic acid groups (broad SMARTS) is 1. The van der Waals surface area contributed by atoms with Gasteiger partial charge in [-0.25, -0.2) is 24.7 Å². The van der Waals surface area contributed by atoms with Crippen LogP contribution in [0.4, 0.5) is 0 Å². The van der Waals surface area contributed by atoms with E-state index in [0.29, 0.717) is 66.9 Å². The first-order chi connectivity index (χ1) is 28.6. The van der Waals surface area contributed by atoms with Gasteiger partial charge in [0.1, 0.15) is 47.7 Å². The zero-order valence-electron chi connectivity index (χ0n) is 32.9. The van der Waals surface area contributed by atoms with E-state index in [1.54, 1.807) is 37.6 Å². The molecule has 2 atom stereocenters. The summed E-state index contributed by atoms with van der Waals surface area (Å²) in [5, 5.41) is 13.9. The van der Waals surface area contributed by atoms with E-state index in [2.05, 4.69) is 31.8 Å². The standard InChI is InChI=1S/C43H42Cl2N6O7S/c1-24-35-25(2)38(45)39(37(24)44)57-29(19-51-15-13-50(3)14-16-51)21-55-28-9-10-32(56-20-27-11-12-46-40(49-27)30-7-5-6-8-33(30)54-4)26(17-28)18-34(43(52)53)58-41-36-31(35)22-59-42(36)48-23-47-41/h5-12,17,22-23,29,34H,13-16,18-21H2,1-4H3,(H,52,53)/t29-,34-/m1/s1. The van der Waals surface area contributed by atoms with Crippen LogP contribution in [0, 0.1) is 13.8 Å². The molecule has 0 radical (unpaired) electrons. The van der Waals surface area contributed by atoms with Crippen molar-refractivity contribution in [2.45, 2.75) is 39.1 Å². The van der Waals surface area contributed by atoms with Gasteiger partial charge in [-0.3, -0.25) is 4.90 Å². The molecule has 0 unspecified atom stereocenters. The number of piperazine rings is 1. The number of methoxy groups -OCH3 is 1. The first-order valence-electron chi connectivity index (χ1n) is 19.1. The number of ether oxygens (including phenoxy) is 5. The molecule has 3 aromatic carbocycles. The van der Waals surface area contributed by atoms with Gasteiger partial charge >= 0.3 is 5.97 Å². The number of aromatic nitrogens is 4. The zero-order chi connectivity index (χ0) is 41.2. The van der Waals surface area contributed by atoms with Crippen LogP contribution in [0.1, 0.15) is 22.4 Å². The van der Waals surface area contributed by atoms with Crippen molar-refractivity contribution in [2.75, 3.05) is 53.5 Å². The molecule has 6 aromatic rings. The molecule has 9 rings (SSSR count). The summed E-state index contributed by atoms with van der Waals surface area (Å²) >= 11 is 15.7. The van der Waals surface area contributed by atoms with Crippen molar-refractivity contribution in [3.05, 3.63) is 98.9 Å². The maximum atomic E-state index is 13.0. The lowest BCUT2D eigenvalue weighted by molar-refractivity contribution is -0.145. The average molecular weight is 858 g/mol. The molecule has 0 aliphatic carbocycles. The molecular weight excluding hydrogens is 815 g/mol. The summed E-state index contributed by atoms with van der Waals surface area (Å²) in [5.74, 6) is 1.34. The van der Waals surface area contributed by atoms with Gasteiger partial charge in [-0.05, 0) is 74.0 Å². The number of halogens is 2. The second kappa shape index (κ2) is 17.5. The van der Waals surface area contributed by atoms with Crippen molar-refractivity contribution in [1.82, 2.24) is 29.7 Å². The Morgan fingerprint density at radius 1 is 0.966 bits per heavy atom. The number of thiophene rings is 1. The Hall–Kier alpha value is -5.25. The van der Waals surface area contributed by atoms with Gasteiger partial charge in [0.25, 0.3) is 0 Å². The highest BCUT2D eigenvalue weighted by Crippen LogP contribution is 2.48. The molecule has 4 bridgehead atoms. The van der Waals surface area contributed by atoms with Gasteiger partial charge in [0.05, 0.1) is 33.8 Å². The van der Waals surface area contributed by atoms with Crippen molar-refractivity contribution in [1.29, 1.82) is 0 Å². The third kappa shape index (κ3) is 8.59. The van der Waals surface area contributed by atoms with Gasteiger partial charge in [-0.2, -0.15) is 0 Å². The fourth-order valence-electron chi connectivity index (χ4n) is 7.41. The molecule has 0 spiro atoms. The molecule has 6 heterocycles. The monoisotopic (exact) mass is 856 g/mol. The molecule has 1 saturated heterocycles. The van der Waals surface area contributed by atoms with E-state index >= 15 is 0 Å². The summed E-state index contributed by atoms with van der Waals surface area (Å²) in [6, 6.07) is 14.6. The lowest BCUT2D eigenvalue weighted by Gasteiger charge is -2.35. The van der Waals surface area contributed by atoms with E-state index in [1.165, 1.54) is 17.7 Å². The third-order valence-electron chi connectivity index (χ3n) is 10.6. The molecule has 13 nitrogen and oxygen atoms in total. The molecule has 59 heavy (non-hydrogen) atoms. The quantitative estimate of drug-likeness (QED) is 0.159. The number of fused-ring (bicyclic) bond motifs is 7. The molecule has 1 fully saturated rings. The van der Waals surface area contributed by atoms with Gasteiger partial charge in [0.2, 0.25) is 12.0 Å². The lowest BCUT2D eigenvalue weighted by Crippen LogP contribution is -2.49. The Morgan fingerprint density at radius 3 is 2.51 bits per heavy atom. The van der Waals surface area contributed by atoms with E-state index < -0.39 is 18.2 Å². The van der Waals surface area contributed by atoms with E-state index in [4.69, 9.17) is 51.9 Å². The van der Waals surface area contributed by atoms with Crippen molar-refractivity contribution >= 4 is 50.7 Å². The Kier molecular flexibility index (Phi) is 12.0. The minimum absolute atomic E-state index is 0.0691. The van der Waals surface area contributed by atoms with E-state index in [-0.39, 0.29) is 25.5 Å². The molecule has 1 N–H and O–H groups in total. The van der Waals surface area contributed by atoms with Crippen molar-refractivity contribution in [2.24, 2.45) is 0 Å². The maximum Gasteiger partial charge on any atom is 0.345 e. The molecule has 306 valence electrons. The summed E-state index contributed by atoms with van der Waals surface area (Å²) in [5.41, 5.74) is 4.85. The van der Waals surface area contributed by atoms with Crippen LogP contribution in [0.5, 0.6) is 28.9 Å². The highest BCUT2D eigenvalue weighted by atomic mass is 35.5. The first kappa shape index (κ1) is 40.5. The van der Waals surface area contributed by atoms with E-state index in [0.717, 1.165) is 54.0 Å². The number of hydrogen-bond donors (Lipinski definition) is 1. The van der Waals surface area contributed by atoms with Gasteiger partial charge in [0, 0.05) is 61.8 Å². The van der Waals surface area contributed by atoms with Gasteiger partial charge in [0.15, 0.2) is 11.6 Å². The van der Waals surface area contributed by atoms with Crippen molar-refractivity contribution in [3.8, 4) is 51.4 Å². The fraction of sp³-hybridized carbons (Fsp3) is 0.326. The second-order valence-electron chi connectivity index (χ2n) is 14.5. The Balaban J connectivity index is 1.19. The van der Waals surface area contributed by atoms with Gasteiger partial charge in [-0.1, -0.05) is 35.3 Å². The van der Waals surface area contributed by atoms with Crippen LogP contribution in [0.2, 0.25) is 10.0 Å². The number of carboxylic acids is 1. The smallest absolute Gasteiger partial charge is 0.345 e. The minimum atomic E-state index is -1.38. The highest BCUT2D eigenvalue weighted by Gasteiger charge is 2.30. The predicted molar refractivity (Wildman–Crippen MR) is 227 cm³/mol. The Bertz CT molecular complexity index is 2480. The van der Waals surface area contributed by atoms with Crippen molar-refractivity contribution < 1.29 is 33.6 Å². The lowest BCUT2D eigenvalue weighted by atomic mass is 9.95. The molecule has 0 amide bonds. The van der Waals surface area contributed by atoms with Crippen LogP contribution in [-0.4, -0.2) is 107 Å². The third-order valence-corrected chi connectivity index (χ3v) is 12.4. The normalized spacial score (nSPS) is 17.5. The van der Waals surface area contributed by atoms with Crippen molar-refractivity contribution in [3.63, 3.8) is 0 Å². The van der Waals surface area contributed by atoms with Crippen LogP contribution in [-0.2, 0) is 17.8 Å². The Morgan fingerprint density at radius 2 is 1.75 bits per heavy atom. The van der Waals surface area contributed by atoms with Crippen LogP contribution >= 0.6 is 34.5 Å². The summed E-state index contributed by atoms with van der Waals surface area (Å²) in [6.07, 6.45) is 1.08. The molecular formula is C43H42Cl2N6O7S. The van der Waals surface area contributed by atoms with Crippen LogP contribution in [0.15, 0.2) is 66.4 Å². The number of aliphatic carboxylic acids is 1. The van der Waals surface area contributed by atoms with Crippen LogP contribution in [0.25, 0.3) is 32.7 Å². The second-order valence-corrected chi connectivity index (χ2v) is 16.1. The zero-order valence-corrected chi connectivity index (χ0v) is 35.2. The topological polar surface area (TPSA) is 141 Å². The minimum Gasteiger partial charge on any atom is -0.496 e. The molecule has 3 aromatic heterocycles. The number of likely N-dealkylation sites (N-methyl/N-ethyl adjacent to an activating group) is 1. The maximum absolute atomic E-state index is 13.0. The van der Waals surface area contributed by atoms with Crippen LogP contribution in [0.3, 0.4) is 0 Å². The largest absolute Gasteiger partial charge is 0.496 e. The SMILES string of the molecule is COc1ccccc1-c1nccc(COc2ccc3cc2C[C@H](C(=O)O)Oc2ncnc4scc(c24)-c2c(C)c(Cl)c(c(Cl)c2C)O[C@H](CN2CCN(C)CC2)CO3)n1.